The summed E-state index contributed by atoms with van der Waals surface area (Å²) in [5, 5.41) is 21.7. The third-order valence-electron chi connectivity index (χ3n) is 5.71. The number of nitrogens with one attached hydrogen (secondary N) is 1. The Morgan fingerprint density at radius 3 is 2.81 bits per heavy atom. The van der Waals surface area contributed by atoms with Gasteiger partial charge >= 0.3 is 0 Å². The Kier molecular flexibility index (Phi) is 6.58. The van der Waals surface area contributed by atoms with E-state index in [-0.39, 0.29) is 17.8 Å². The molecule has 1 atom stereocenters. The zero-order valence-corrected chi connectivity index (χ0v) is 19.1. The van der Waals surface area contributed by atoms with Crippen LogP contribution in [0.4, 0.5) is 5.82 Å². The monoisotopic (exact) mass is 451 g/mol. The van der Waals surface area contributed by atoms with Gasteiger partial charge in [-0.3, -0.25) is 9.78 Å². The number of nitriles is 1. The number of ether oxygens (including phenoxy) is 1. The summed E-state index contributed by atoms with van der Waals surface area (Å²) in [6.45, 7) is 5.25. The summed E-state index contributed by atoms with van der Waals surface area (Å²) in [5.41, 5.74) is 3.25. The highest BCUT2D eigenvalue weighted by atomic mass is 32.2. The molecule has 1 amide bonds. The molecule has 9 nitrogen and oxygen atoms in total. The van der Waals surface area contributed by atoms with Gasteiger partial charge in [0.25, 0.3) is 0 Å². The molecule has 1 aliphatic heterocycles. The lowest BCUT2D eigenvalue weighted by Crippen LogP contribution is -2.22. The Balaban J connectivity index is 1.47. The average Bonchev–Trinajstić information content (AvgIpc) is 3.50. The highest BCUT2D eigenvalue weighted by Gasteiger charge is 2.24. The number of hydrogen-bond acceptors (Lipinski definition) is 7. The second kappa shape index (κ2) is 9.54. The van der Waals surface area contributed by atoms with Gasteiger partial charge in [-0.15, -0.1) is 10.2 Å². The molecule has 10 heteroatoms. The molecule has 0 aromatic carbocycles. The molecule has 0 aliphatic carbocycles. The van der Waals surface area contributed by atoms with Crippen molar-refractivity contribution in [3.05, 3.63) is 41.3 Å². The second-order valence-electron chi connectivity index (χ2n) is 7.73. The van der Waals surface area contributed by atoms with Crippen LogP contribution in [0.25, 0.3) is 11.4 Å². The third kappa shape index (κ3) is 4.40. The molecule has 32 heavy (non-hydrogen) atoms. The number of aromatic nitrogens is 5. The first-order chi connectivity index (χ1) is 15.5. The van der Waals surface area contributed by atoms with Gasteiger partial charge in [0.2, 0.25) is 5.91 Å². The van der Waals surface area contributed by atoms with Gasteiger partial charge < -0.3 is 19.2 Å². The topological polar surface area (TPSA) is 111 Å². The summed E-state index contributed by atoms with van der Waals surface area (Å²) in [7, 11) is 1.86. The van der Waals surface area contributed by atoms with E-state index in [9.17, 15) is 10.1 Å². The fourth-order valence-corrected chi connectivity index (χ4v) is 4.55. The number of rotatable bonds is 7. The normalized spacial score (nSPS) is 15.6. The lowest BCUT2D eigenvalue weighted by atomic mass is 10.2. The molecular formula is C22H25N7O2S. The van der Waals surface area contributed by atoms with E-state index in [4.69, 9.17) is 4.74 Å². The predicted octanol–water partition coefficient (Wildman–Crippen LogP) is 3.08. The van der Waals surface area contributed by atoms with Crippen molar-refractivity contribution in [3.8, 4) is 17.5 Å². The molecule has 1 unspecified atom stereocenters. The number of anilines is 1. The molecule has 1 fully saturated rings. The minimum Gasteiger partial charge on any atom is -0.376 e. The lowest BCUT2D eigenvalue weighted by Gasteiger charge is -2.16. The van der Waals surface area contributed by atoms with Crippen LogP contribution in [0.15, 0.2) is 29.7 Å². The molecule has 0 bridgehead atoms. The molecular weight excluding hydrogens is 426 g/mol. The van der Waals surface area contributed by atoms with E-state index in [2.05, 4.69) is 26.6 Å². The maximum absolute atomic E-state index is 12.8. The van der Waals surface area contributed by atoms with E-state index in [0.29, 0.717) is 28.9 Å². The Morgan fingerprint density at radius 2 is 2.12 bits per heavy atom. The fraction of sp³-hybridized carbons (Fsp3) is 0.409. The maximum Gasteiger partial charge on any atom is 0.235 e. The van der Waals surface area contributed by atoms with Crippen LogP contribution < -0.4 is 5.32 Å². The van der Waals surface area contributed by atoms with Gasteiger partial charge in [-0.2, -0.15) is 5.26 Å². The molecule has 0 radical (unpaired) electrons. The van der Waals surface area contributed by atoms with Crippen molar-refractivity contribution in [2.45, 2.75) is 44.5 Å². The highest BCUT2D eigenvalue weighted by Crippen LogP contribution is 2.29. The summed E-state index contributed by atoms with van der Waals surface area (Å²) in [6, 6.07) is 5.97. The van der Waals surface area contributed by atoms with Gasteiger partial charge in [-0.05, 0) is 44.4 Å². The van der Waals surface area contributed by atoms with Crippen molar-refractivity contribution < 1.29 is 9.53 Å². The van der Waals surface area contributed by atoms with E-state index in [1.807, 2.05) is 42.2 Å². The van der Waals surface area contributed by atoms with Crippen LogP contribution in [0.2, 0.25) is 0 Å². The number of pyridine rings is 1. The van der Waals surface area contributed by atoms with Gasteiger partial charge in [-0.1, -0.05) is 11.8 Å². The molecule has 0 spiro atoms. The summed E-state index contributed by atoms with van der Waals surface area (Å²) in [4.78, 5) is 16.8. The van der Waals surface area contributed by atoms with E-state index in [1.54, 1.807) is 12.4 Å². The largest absolute Gasteiger partial charge is 0.376 e. The van der Waals surface area contributed by atoms with Crippen molar-refractivity contribution in [1.82, 2.24) is 24.3 Å². The molecule has 1 saturated heterocycles. The molecule has 0 saturated carbocycles. The van der Waals surface area contributed by atoms with Crippen LogP contribution in [0.5, 0.6) is 0 Å². The Labute approximate surface area is 190 Å². The number of carbonyl (C=O) groups excluding carboxylic acids is 1. The molecule has 3 aromatic rings. The molecule has 4 heterocycles. The van der Waals surface area contributed by atoms with Crippen LogP contribution in [-0.4, -0.2) is 48.7 Å². The molecule has 166 valence electrons. The Hall–Kier alpha value is -3.16. The molecule has 3 aromatic heterocycles. The summed E-state index contributed by atoms with van der Waals surface area (Å²) in [5.74, 6) is 1.19. The van der Waals surface area contributed by atoms with Crippen LogP contribution in [0.1, 0.15) is 29.7 Å². The number of thioether (sulfide) groups is 1. The van der Waals surface area contributed by atoms with Crippen LogP contribution in [-0.2, 0) is 23.1 Å². The first-order valence-electron chi connectivity index (χ1n) is 10.4. The van der Waals surface area contributed by atoms with Gasteiger partial charge in [0.15, 0.2) is 11.0 Å². The Morgan fingerprint density at radius 1 is 1.34 bits per heavy atom. The minimum absolute atomic E-state index is 0.0994. The molecule has 4 rings (SSSR count). The van der Waals surface area contributed by atoms with Gasteiger partial charge in [0.1, 0.15) is 11.9 Å². The number of carbonyl (C=O) groups is 1. The Bertz CT molecular complexity index is 1160. The predicted molar refractivity (Wildman–Crippen MR) is 121 cm³/mol. The van der Waals surface area contributed by atoms with Gasteiger partial charge in [-0.25, -0.2) is 0 Å². The zero-order chi connectivity index (χ0) is 22.7. The van der Waals surface area contributed by atoms with E-state index in [1.165, 1.54) is 11.8 Å². The van der Waals surface area contributed by atoms with Crippen molar-refractivity contribution >= 4 is 23.5 Å². The standard InChI is InChI=1S/C22H25N7O2S/c1-14-15(2)29(12-17-5-4-10-31-17)21(18(14)11-23)25-19(30)13-32-22-27-26-20(28(22)3)16-6-8-24-9-7-16/h6-9,17H,4-5,10,12-13H2,1-3H3,(H,25,30). The first kappa shape index (κ1) is 22.0. The van der Waals surface area contributed by atoms with Gasteiger partial charge in [0.05, 0.1) is 24.0 Å². The highest BCUT2D eigenvalue weighted by molar-refractivity contribution is 7.99. The fourth-order valence-electron chi connectivity index (χ4n) is 3.84. The third-order valence-corrected chi connectivity index (χ3v) is 6.74. The number of hydrogen-bond donors (Lipinski definition) is 1. The van der Waals surface area contributed by atoms with E-state index in [0.717, 1.165) is 36.3 Å². The maximum atomic E-state index is 12.8. The van der Waals surface area contributed by atoms with Crippen molar-refractivity contribution in [3.63, 3.8) is 0 Å². The quantitative estimate of drug-likeness (QED) is 0.550. The van der Waals surface area contributed by atoms with Crippen LogP contribution in [0, 0.1) is 25.2 Å². The average molecular weight is 452 g/mol. The van der Waals surface area contributed by atoms with Gasteiger partial charge in [0, 0.05) is 37.3 Å². The number of amides is 1. The van der Waals surface area contributed by atoms with Crippen molar-refractivity contribution in [2.75, 3.05) is 17.7 Å². The summed E-state index contributed by atoms with van der Waals surface area (Å²) < 4.78 is 9.62. The van der Waals surface area contributed by atoms with Crippen LogP contribution >= 0.6 is 11.8 Å². The molecule has 1 N–H and O–H groups in total. The van der Waals surface area contributed by atoms with Crippen molar-refractivity contribution in [1.29, 1.82) is 5.26 Å². The van der Waals surface area contributed by atoms with E-state index >= 15 is 0 Å². The first-order valence-corrected chi connectivity index (χ1v) is 11.4. The zero-order valence-electron chi connectivity index (χ0n) is 18.3. The SMILES string of the molecule is Cc1c(C#N)c(NC(=O)CSc2nnc(-c3ccncc3)n2C)n(CC2CCCO2)c1C. The number of nitrogens with zero attached hydrogens (tertiary/aromatic N) is 6. The summed E-state index contributed by atoms with van der Waals surface area (Å²) >= 11 is 1.30. The lowest BCUT2D eigenvalue weighted by molar-refractivity contribution is -0.113. The molecule has 1 aliphatic rings. The summed E-state index contributed by atoms with van der Waals surface area (Å²) in [6.07, 6.45) is 5.52. The van der Waals surface area contributed by atoms with Crippen LogP contribution in [0.3, 0.4) is 0 Å². The smallest absolute Gasteiger partial charge is 0.235 e. The van der Waals surface area contributed by atoms with Crippen molar-refractivity contribution in [2.24, 2.45) is 7.05 Å². The van der Waals surface area contributed by atoms with E-state index < -0.39 is 0 Å². The second-order valence-corrected chi connectivity index (χ2v) is 8.67. The minimum atomic E-state index is -0.203.